The summed E-state index contributed by atoms with van der Waals surface area (Å²) in [5.74, 6) is 1.04. The predicted molar refractivity (Wildman–Crippen MR) is 107 cm³/mol. The second-order valence-corrected chi connectivity index (χ2v) is 8.85. The number of amides is 1. The van der Waals surface area contributed by atoms with Crippen LogP contribution in [0.2, 0.25) is 0 Å². The van der Waals surface area contributed by atoms with Crippen LogP contribution in [0.25, 0.3) is 0 Å². The summed E-state index contributed by atoms with van der Waals surface area (Å²) in [4.78, 5) is 12.5. The second kappa shape index (κ2) is 8.10. The van der Waals surface area contributed by atoms with Gasteiger partial charge in [-0.1, -0.05) is 38.1 Å². The van der Waals surface area contributed by atoms with E-state index in [0.717, 1.165) is 21.7 Å². The zero-order valence-electron chi connectivity index (χ0n) is 16.1. The molecule has 0 bridgehead atoms. The molecule has 2 aromatic carbocycles. The summed E-state index contributed by atoms with van der Waals surface area (Å²) >= 11 is 0. The average molecular weight is 404 g/mol. The van der Waals surface area contributed by atoms with Gasteiger partial charge in [0.2, 0.25) is 22.7 Å². The molecule has 7 nitrogen and oxygen atoms in total. The molecular weight excluding hydrogens is 380 g/mol. The molecule has 150 valence electrons. The predicted octanol–water partition coefficient (Wildman–Crippen LogP) is 2.62. The Morgan fingerprint density at radius 2 is 1.86 bits per heavy atom. The van der Waals surface area contributed by atoms with Crippen LogP contribution in [0.15, 0.2) is 42.5 Å². The minimum atomic E-state index is -3.62. The van der Waals surface area contributed by atoms with Crippen LogP contribution in [0.4, 0.5) is 5.69 Å². The number of benzene rings is 2. The number of rotatable bonds is 7. The zero-order valence-corrected chi connectivity index (χ0v) is 17.0. The molecule has 1 heterocycles. The summed E-state index contributed by atoms with van der Waals surface area (Å²) in [5.41, 5.74) is 2.24. The van der Waals surface area contributed by atoms with Gasteiger partial charge in [-0.25, -0.2) is 8.42 Å². The molecule has 0 saturated heterocycles. The Hall–Kier alpha value is -2.74. The van der Waals surface area contributed by atoms with E-state index in [1.54, 1.807) is 24.3 Å². The third-order valence-electron chi connectivity index (χ3n) is 4.44. The maximum Gasteiger partial charge on any atom is 0.241 e. The number of hydrogen-bond acceptors (Lipinski definition) is 5. The first kappa shape index (κ1) is 20.0. The Kier molecular flexibility index (Phi) is 5.79. The van der Waals surface area contributed by atoms with E-state index in [9.17, 15) is 13.2 Å². The number of hydrogen-bond donors (Lipinski definition) is 1. The van der Waals surface area contributed by atoms with E-state index >= 15 is 0 Å². The number of fused-ring (bicyclic) bond motifs is 1. The van der Waals surface area contributed by atoms with Crippen molar-refractivity contribution in [1.82, 2.24) is 5.32 Å². The minimum absolute atomic E-state index is 0.122. The van der Waals surface area contributed by atoms with Crippen LogP contribution in [-0.2, 0) is 21.4 Å². The highest BCUT2D eigenvalue weighted by Gasteiger charge is 2.24. The molecule has 3 rings (SSSR count). The van der Waals surface area contributed by atoms with Gasteiger partial charge in [-0.05, 0) is 35.2 Å². The summed E-state index contributed by atoms with van der Waals surface area (Å²) < 4.78 is 36.5. The molecule has 0 saturated carbocycles. The SMILES string of the molecule is CC(C)c1ccccc1N(CC(=O)NCc1ccc2c(c1)OCO2)S(C)(=O)=O. The third kappa shape index (κ3) is 4.56. The van der Waals surface area contributed by atoms with E-state index in [1.165, 1.54) is 0 Å². The fourth-order valence-electron chi connectivity index (χ4n) is 3.02. The summed E-state index contributed by atoms with van der Waals surface area (Å²) in [6.45, 7) is 4.13. The van der Waals surface area contributed by atoms with Crippen molar-refractivity contribution in [2.75, 3.05) is 23.9 Å². The van der Waals surface area contributed by atoms with Crippen LogP contribution < -0.4 is 19.1 Å². The molecule has 28 heavy (non-hydrogen) atoms. The average Bonchev–Trinajstić information content (AvgIpc) is 3.11. The van der Waals surface area contributed by atoms with Crippen LogP contribution in [0.3, 0.4) is 0 Å². The van der Waals surface area contributed by atoms with Gasteiger partial charge in [0.15, 0.2) is 11.5 Å². The first-order chi connectivity index (χ1) is 13.3. The first-order valence-electron chi connectivity index (χ1n) is 8.97. The van der Waals surface area contributed by atoms with E-state index < -0.39 is 10.0 Å². The van der Waals surface area contributed by atoms with Crippen molar-refractivity contribution in [3.05, 3.63) is 53.6 Å². The quantitative estimate of drug-likeness (QED) is 0.767. The number of sulfonamides is 1. The molecule has 1 N–H and O–H groups in total. The molecule has 0 spiro atoms. The van der Waals surface area contributed by atoms with E-state index in [4.69, 9.17) is 9.47 Å². The molecule has 0 atom stereocenters. The van der Waals surface area contributed by atoms with Gasteiger partial charge in [0.25, 0.3) is 0 Å². The van der Waals surface area contributed by atoms with Gasteiger partial charge in [0, 0.05) is 6.54 Å². The number of anilines is 1. The van der Waals surface area contributed by atoms with Crippen molar-refractivity contribution in [1.29, 1.82) is 0 Å². The minimum Gasteiger partial charge on any atom is -0.454 e. The highest BCUT2D eigenvalue weighted by molar-refractivity contribution is 7.92. The standard InChI is InChI=1S/C20H24N2O5S/c1-14(2)16-6-4-5-7-17(16)22(28(3,24)25)12-20(23)21-11-15-8-9-18-19(10-15)27-13-26-18/h4-10,14H,11-13H2,1-3H3,(H,21,23). The molecule has 1 aliphatic rings. The smallest absolute Gasteiger partial charge is 0.241 e. The Bertz CT molecular complexity index is 972. The van der Waals surface area contributed by atoms with Gasteiger partial charge in [-0.2, -0.15) is 0 Å². The number of ether oxygens (including phenoxy) is 2. The first-order valence-corrected chi connectivity index (χ1v) is 10.8. The number of carbonyl (C=O) groups excluding carboxylic acids is 1. The lowest BCUT2D eigenvalue weighted by Gasteiger charge is -2.25. The molecule has 1 aliphatic heterocycles. The summed E-state index contributed by atoms with van der Waals surface area (Å²) in [7, 11) is -3.62. The molecule has 0 unspecified atom stereocenters. The zero-order chi connectivity index (χ0) is 20.3. The molecule has 1 amide bonds. The van der Waals surface area contributed by atoms with Gasteiger partial charge in [0.1, 0.15) is 6.54 Å². The normalized spacial score (nSPS) is 12.9. The highest BCUT2D eigenvalue weighted by Crippen LogP contribution is 2.32. The van der Waals surface area contributed by atoms with Gasteiger partial charge >= 0.3 is 0 Å². The number of para-hydroxylation sites is 1. The Labute approximate surface area is 165 Å². The van der Waals surface area contributed by atoms with Crippen LogP contribution in [-0.4, -0.2) is 33.9 Å². The fourth-order valence-corrected chi connectivity index (χ4v) is 3.90. The lowest BCUT2D eigenvalue weighted by Crippen LogP contribution is -2.40. The van der Waals surface area contributed by atoms with Gasteiger partial charge in [-0.15, -0.1) is 0 Å². The van der Waals surface area contributed by atoms with Crippen LogP contribution in [0.5, 0.6) is 11.5 Å². The monoisotopic (exact) mass is 404 g/mol. The maximum absolute atomic E-state index is 12.5. The molecule has 0 aromatic heterocycles. The van der Waals surface area contributed by atoms with Crippen molar-refractivity contribution >= 4 is 21.6 Å². The Morgan fingerprint density at radius 1 is 1.14 bits per heavy atom. The summed E-state index contributed by atoms with van der Waals surface area (Å²) in [5, 5.41) is 2.77. The van der Waals surface area contributed by atoms with Gasteiger partial charge in [0.05, 0.1) is 11.9 Å². The van der Waals surface area contributed by atoms with E-state index in [0.29, 0.717) is 17.2 Å². The number of carbonyl (C=O) groups is 1. The van der Waals surface area contributed by atoms with Gasteiger partial charge < -0.3 is 14.8 Å². The lowest BCUT2D eigenvalue weighted by molar-refractivity contribution is -0.119. The molecule has 0 radical (unpaired) electrons. The fraction of sp³-hybridized carbons (Fsp3) is 0.350. The van der Waals surface area contributed by atoms with E-state index in [-0.39, 0.29) is 31.7 Å². The van der Waals surface area contributed by atoms with Crippen LogP contribution in [0.1, 0.15) is 30.9 Å². The molecule has 8 heteroatoms. The van der Waals surface area contributed by atoms with Crippen molar-refractivity contribution in [2.24, 2.45) is 0 Å². The Morgan fingerprint density at radius 3 is 2.57 bits per heavy atom. The van der Waals surface area contributed by atoms with Crippen LogP contribution >= 0.6 is 0 Å². The molecule has 2 aromatic rings. The summed E-state index contributed by atoms with van der Waals surface area (Å²) in [6, 6.07) is 12.6. The maximum atomic E-state index is 12.5. The topological polar surface area (TPSA) is 84.9 Å². The summed E-state index contributed by atoms with van der Waals surface area (Å²) in [6.07, 6.45) is 1.11. The van der Waals surface area contributed by atoms with E-state index in [1.807, 2.05) is 32.0 Å². The number of nitrogens with zero attached hydrogens (tertiary/aromatic N) is 1. The molecule has 0 fully saturated rings. The second-order valence-electron chi connectivity index (χ2n) is 6.95. The van der Waals surface area contributed by atoms with Gasteiger partial charge in [-0.3, -0.25) is 9.10 Å². The van der Waals surface area contributed by atoms with Crippen molar-refractivity contribution < 1.29 is 22.7 Å². The molecule has 0 aliphatic carbocycles. The largest absolute Gasteiger partial charge is 0.454 e. The van der Waals surface area contributed by atoms with Crippen molar-refractivity contribution in [3.8, 4) is 11.5 Å². The third-order valence-corrected chi connectivity index (χ3v) is 5.57. The Balaban J connectivity index is 1.72. The van der Waals surface area contributed by atoms with Crippen molar-refractivity contribution in [3.63, 3.8) is 0 Å². The lowest BCUT2D eigenvalue weighted by atomic mass is 10.0. The van der Waals surface area contributed by atoms with E-state index in [2.05, 4.69) is 5.32 Å². The number of nitrogens with one attached hydrogen (secondary N) is 1. The van der Waals surface area contributed by atoms with Crippen LogP contribution in [0, 0.1) is 0 Å². The van der Waals surface area contributed by atoms with Crippen molar-refractivity contribution in [2.45, 2.75) is 26.3 Å². The highest BCUT2D eigenvalue weighted by atomic mass is 32.2. The molecular formula is C20H24N2O5S.